The van der Waals surface area contributed by atoms with Crippen LogP contribution in [-0.4, -0.2) is 35.0 Å². The van der Waals surface area contributed by atoms with Crippen LogP contribution in [0.2, 0.25) is 0 Å². The van der Waals surface area contributed by atoms with E-state index in [0.29, 0.717) is 17.4 Å². The quantitative estimate of drug-likeness (QED) is 0.930. The van der Waals surface area contributed by atoms with Crippen molar-refractivity contribution >= 4 is 11.9 Å². The fraction of sp³-hybridized carbons (Fsp3) is 0.556. The Kier molecular flexibility index (Phi) is 4.46. The maximum Gasteiger partial charge on any atom is 0.335 e. The number of rotatable bonds is 4. The zero-order valence-corrected chi connectivity index (χ0v) is 12.8. The maximum atomic E-state index is 12.2. The smallest absolute Gasteiger partial charge is 0.335 e. The Morgan fingerprint density at radius 1 is 1.09 bits per heavy atom. The zero-order chi connectivity index (χ0) is 15.5. The highest BCUT2D eigenvalue weighted by Crippen LogP contribution is 2.30. The molecule has 22 heavy (non-hydrogen) atoms. The standard InChI is InChI=1S/C18H23NO3/c20-17(14-5-3-6-14)19-10-8-13(9-11-19)12-15-4-1-2-7-16(15)18(21)22/h1-2,4,7,13-14H,3,5-6,8-12H2,(H,21,22). The lowest BCUT2D eigenvalue weighted by Gasteiger charge is -2.36. The number of nitrogens with zero attached hydrogens (tertiary/aromatic N) is 1. The molecule has 2 fully saturated rings. The molecule has 118 valence electrons. The van der Waals surface area contributed by atoms with Gasteiger partial charge in [0, 0.05) is 19.0 Å². The van der Waals surface area contributed by atoms with Crippen molar-refractivity contribution in [2.75, 3.05) is 13.1 Å². The monoisotopic (exact) mass is 301 g/mol. The summed E-state index contributed by atoms with van der Waals surface area (Å²) in [6.07, 6.45) is 6.07. The Bertz CT molecular complexity index is 557. The van der Waals surface area contributed by atoms with Crippen molar-refractivity contribution in [1.29, 1.82) is 0 Å². The van der Waals surface area contributed by atoms with Gasteiger partial charge in [-0.15, -0.1) is 0 Å². The molecule has 1 aliphatic heterocycles. The van der Waals surface area contributed by atoms with Crippen molar-refractivity contribution in [3.8, 4) is 0 Å². The minimum atomic E-state index is -0.854. The average molecular weight is 301 g/mol. The SMILES string of the molecule is O=C(O)c1ccccc1CC1CCN(C(=O)C2CCC2)CC1. The van der Waals surface area contributed by atoms with E-state index < -0.39 is 5.97 Å². The molecule has 4 nitrogen and oxygen atoms in total. The van der Waals surface area contributed by atoms with Crippen LogP contribution in [0.1, 0.15) is 48.0 Å². The Balaban J connectivity index is 1.56. The summed E-state index contributed by atoms with van der Waals surface area (Å²) in [6, 6.07) is 7.26. The van der Waals surface area contributed by atoms with Gasteiger partial charge in [0.25, 0.3) is 0 Å². The fourth-order valence-electron chi connectivity index (χ4n) is 3.49. The Morgan fingerprint density at radius 3 is 2.36 bits per heavy atom. The Hall–Kier alpha value is -1.84. The normalized spacial score (nSPS) is 19.7. The fourth-order valence-corrected chi connectivity index (χ4v) is 3.49. The van der Waals surface area contributed by atoms with Crippen LogP contribution < -0.4 is 0 Å². The number of carbonyl (C=O) groups excluding carboxylic acids is 1. The van der Waals surface area contributed by atoms with Crippen LogP contribution in [0.3, 0.4) is 0 Å². The van der Waals surface area contributed by atoms with E-state index in [1.807, 2.05) is 17.0 Å². The van der Waals surface area contributed by atoms with Crippen LogP contribution in [0.5, 0.6) is 0 Å². The molecule has 1 heterocycles. The van der Waals surface area contributed by atoms with Crippen LogP contribution in [-0.2, 0) is 11.2 Å². The largest absolute Gasteiger partial charge is 0.478 e. The third-order valence-corrected chi connectivity index (χ3v) is 5.14. The van der Waals surface area contributed by atoms with Gasteiger partial charge < -0.3 is 10.0 Å². The van der Waals surface area contributed by atoms with Crippen LogP contribution in [0.4, 0.5) is 0 Å². The predicted molar refractivity (Wildman–Crippen MR) is 83.8 cm³/mol. The molecule has 1 amide bonds. The van der Waals surface area contributed by atoms with Gasteiger partial charge in [-0.25, -0.2) is 4.79 Å². The average Bonchev–Trinajstić information content (AvgIpc) is 2.46. The van der Waals surface area contributed by atoms with Gasteiger partial charge in [-0.05, 0) is 49.7 Å². The van der Waals surface area contributed by atoms with Crippen molar-refractivity contribution in [3.05, 3.63) is 35.4 Å². The second-order valence-electron chi connectivity index (χ2n) is 6.56. The summed E-state index contributed by atoms with van der Waals surface area (Å²) >= 11 is 0. The molecule has 0 aromatic heterocycles. The summed E-state index contributed by atoms with van der Waals surface area (Å²) in [5.41, 5.74) is 1.33. The number of piperidine rings is 1. The number of carbonyl (C=O) groups is 2. The van der Waals surface area contributed by atoms with Gasteiger partial charge in [-0.2, -0.15) is 0 Å². The minimum Gasteiger partial charge on any atom is -0.478 e. The first-order valence-corrected chi connectivity index (χ1v) is 8.25. The molecule has 0 spiro atoms. The third kappa shape index (κ3) is 3.16. The highest BCUT2D eigenvalue weighted by molar-refractivity contribution is 5.89. The number of amides is 1. The number of aromatic carboxylic acids is 1. The molecule has 4 heteroatoms. The summed E-state index contributed by atoms with van der Waals surface area (Å²) in [4.78, 5) is 25.5. The molecule has 0 unspecified atom stereocenters. The van der Waals surface area contributed by atoms with E-state index in [-0.39, 0.29) is 5.92 Å². The van der Waals surface area contributed by atoms with Crippen molar-refractivity contribution in [1.82, 2.24) is 4.90 Å². The first-order chi connectivity index (χ1) is 10.6. The van der Waals surface area contributed by atoms with Crippen LogP contribution >= 0.6 is 0 Å². The highest BCUT2D eigenvalue weighted by atomic mass is 16.4. The molecule has 0 atom stereocenters. The number of hydrogen-bond acceptors (Lipinski definition) is 2. The highest BCUT2D eigenvalue weighted by Gasteiger charge is 2.31. The van der Waals surface area contributed by atoms with Crippen LogP contribution in [0, 0.1) is 11.8 Å². The van der Waals surface area contributed by atoms with Gasteiger partial charge in [0.2, 0.25) is 5.91 Å². The van der Waals surface area contributed by atoms with E-state index in [1.165, 1.54) is 6.42 Å². The van der Waals surface area contributed by atoms with Gasteiger partial charge in [-0.3, -0.25) is 4.79 Å². The number of benzene rings is 1. The van der Waals surface area contributed by atoms with E-state index in [0.717, 1.165) is 50.8 Å². The summed E-state index contributed by atoms with van der Waals surface area (Å²) in [5, 5.41) is 9.25. The maximum absolute atomic E-state index is 12.2. The van der Waals surface area contributed by atoms with Crippen molar-refractivity contribution in [2.24, 2.45) is 11.8 Å². The second kappa shape index (κ2) is 6.51. The van der Waals surface area contributed by atoms with E-state index >= 15 is 0 Å². The molecular formula is C18H23NO3. The molecular weight excluding hydrogens is 278 g/mol. The number of likely N-dealkylation sites (tertiary alicyclic amines) is 1. The van der Waals surface area contributed by atoms with Gasteiger partial charge in [0.05, 0.1) is 5.56 Å². The molecule has 0 radical (unpaired) electrons. The van der Waals surface area contributed by atoms with Crippen molar-refractivity contribution in [2.45, 2.75) is 38.5 Å². The van der Waals surface area contributed by atoms with E-state index in [2.05, 4.69) is 0 Å². The van der Waals surface area contributed by atoms with Crippen LogP contribution in [0.25, 0.3) is 0 Å². The Morgan fingerprint density at radius 2 is 1.77 bits per heavy atom. The predicted octanol–water partition coefficient (Wildman–Crippen LogP) is 2.97. The zero-order valence-electron chi connectivity index (χ0n) is 12.8. The lowest BCUT2D eigenvalue weighted by Crippen LogP contribution is -2.43. The number of hydrogen-bond donors (Lipinski definition) is 1. The summed E-state index contributed by atoms with van der Waals surface area (Å²) in [7, 11) is 0. The van der Waals surface area contributed by atoms with Crippen molar-refractivity contribution in [3.63, 3.8) is 0 Å². The second-order valence-corrected chi connectivity index (χ2v) is 6.56. The van der Waals surface area contributed by atoms with Gasteiger partial charge >= 0.3 is 5.97 Å². The van der Waals surface area contributed by atoms with E-state index in [9.17, 15) is 14.7 Å². The summed E-state index contributed by atoms with van der Waals surface area (Å²) in [5.74, 6) is 0.249. The molecule has 1 N–H and O–H groups in total. The molecule has 2 aliphatic rings. The molecule has 1 saturated heterocycles. The van der Waals surface area contributed by atoms with Crippen LogP contribution in [0.15, 0.2) is 24.3 Å². The lowest BCUT2D eigenvalue weighted by molar-refractivity contribution is -0.139. The van der Waals surface area contributed by atoms with E-state index in [1.54, 1.807) is 12.1 Å². The molecule has 0 bridgehead atoms. The summed E-state index contributed by atoms with van der Waals surface area (Å²) in [6.45, 7) is 1.66. The molecule has 1 aliphatic carbocycles. The van der Waals surface area contributed by atoms with Gasteiger partial charge in [0.1, 0.15) is 0 Å². The molecule has 1 aromatic carbocycles. The van der Waals surface area contributed by atoms with Crippen molar-refractivity contribution < 1.29 is 14.7 Å². The Labute approximate surface area is 131 Å². The first-order valence-electron chi connectivity index (χ1n) is 8.25. The number of carboxylic acids is 1. The lowest BCUT2D eigenvalue weighted by atomic mass is 9.83. The van der Waals surface area contributed by atoms with Gasteiger partial charge in [-0.1, -0.05) is 24.6 Å². The molecule has 3 rings (SSSR count). The van der Waals surface area contributed by atoms with Gasteiger partial charge in [0.15, 0.2) is 0 Å². The molecule has 1 aromatic rings. The number of carboxylic acid groups (broad SMARTS) is 1. The minimum absolute atomic E-state index is 0.282. The molecule has 1 saturated carbocycles. The summed E-state index contributed by atoms with van der Waals surface area (Å²) < 4.78 is 0. The first kappa shape index (κ1) is 15.1. The topological polar surface area (TPSA) is 57.6 Å². The van der Waals surface area contributed by atoms with E-state index in [4.69, 9.17) is 0 Å². The third-order valence-electron chi connectivity index (χ3n) is 5.14.